The molecule has 0 saturated carbocycles. The Kier molecular flexibility index (Phi) is 8.29. The predicted octanol–water partition coefficient (Wildman–Crippen LogP) is 5.02. The Hall–Kier alpha value is -5.50. The quantitative estimate of drug-likeness (QED) is 0.198. The summed E-state index contributed by atoms with van der Waals surface area (Å²) in [4.78, 5) is 63.4. The molecule has 5 amide bonds. The van der Waals surface area contributed by atoms with Crippen LogP contribution in [0.25, 0.3) is 10.2 Å². The van der Waals surface area contributed by atoms with Crippen LogP contribution in [0.4, 0.5) is 26.7 Å². The summed E-state index contributed by atoms with van der Waals surface area (Å²) in [6.07, 6.45) is 4.57. The first-order chi connectivity index (χ1) is 21.8. The van der Waals surface area contributed by atoms with Crippen LogP contribution in [0.15, 0.2) is 66.9 Å². The lowest BCUT2D eigenvalue weighted by Gasteiger charge is -2.32. The monoisotopic (exact) mass is 627 g/mol. The van der Waals surface area contributed by atoms with Crippen LogP contribution in [-0.2, 0) is 4.79 Å². The number of carboxylic acid groups (broad SMARTS) is 1. The number of ether oxygens (including phenoxy) is 1. The number of thiophene rings is 1. The fraction of sp³-hybridized carbons (Fsp3) is 0.226. The van der Waals surface area contributed by atoms with E-state index >= 15 is 0 Å². The van der Waals surface area contributed by atoms with E-state index in [0.717, 1.165) is 0 Å². The summed E-state index contributed by atoms with van der Waals surface area (Å²) >= 11 is 1.18. The van der Waals surface area contributed by atoms with Gasteiger partial charge in [0, 0.05) is 44.0 Å². The van der Waals surface area contributed by atoms with Crippen LogP contribution in [0.1, 0.15) is 28.2 Å². The smallest absolute Gasteiger partial charge is 0.404 e. The fourth-order valence-corrected chi connectivity index (χ4v) is 6.40. The molecule has 45 heavy (non-hydrogen) atoms. The maximum Gasteiger partial charge on any atom is 0.404 e. The number of urea groups is 1. The van der Waals surface area contributed by atoms with Gasteiger partial charge in [-0.05, 0) is 44.0 Å². The van der Waals surface area contributed by atoms with Gasteiger partial charge in [0.05, 0.1) is 28.1 Å². The van der Waals surface area contributed by atoms with Crippen molar-refractivity contribution in [1.82, 2.24) is 25.5 Å². The van der Waals surface area contributed by atoms with Gasteiger partial charge in [-0.3, -0.25) is 14.5 Å². The minimum absolute atomic E-state index is 0.0209. The maximum absolute atomic E-state index is 13.6. The van der Waals surface area contributed by atoms with Crippen molar-refractivity contribution in [1.29, 1.82) is 0 Å². The number of para-hydroxylation sites is 1. The van der Waals surface area contributed by atoms with Crippen molar-refractivity contribution in [2.24, 2.45) is 0 Å². The minimum atomic E-state index is -1.17. The molecule has 4 aromatic rings. The number of benzene rings is 1. The number of nitrogens with zero attached hydrogens (tertiary/aromatic N) is 4. The third kappa shape index (κ3) is 6.26. The molecule has 14 heteroatoms. The molecule has 1 atom stereocenters. The SMILES string of the molecule is Cc1nc(Oc2ccccc2)ccc1N1C(=O)Nc2c(C(=O)NC3CCCN(C(=O)/C=C/CNC(=O)O)C3)sc3nccc1c23. The first kappa shape index (κ1) is 29.6. The molecule has 0 radical (unpaired) electrons. The summed E-state index contributed by atoms with van der Waals surface area (Å²) in [5.41, 5.74) is 2.10. The van der Waals surface area contributed by atoms with Crippen molar-refractivity contribution >= 4 is 62.6 Å². The van der Waals surface area contributed by atoms with Crippen molar-refractivity contribution in [2.45, 2.75) is 25.8 Å². The molecular formula is C31H29N7O6S. The lowest BCUT2D eigenvalue weighted by atomic mass is 10.1. The number of hydrogen-bond acceptors (Lipinski definition) is 8. The van der Waals surface area contributed by atoms with Crippen molar-refractivity contribution in [2.75, 3.05) is 29.9 Å². The average Bonchev–Trinajstić information content (AvgIpc) is 3.40. The number of nitrogens with one attached hydrogen (secondary N) is 3. The Bertz CT molecular complexity index is 1830. The maximum atomic E-state index is 13.6. The number of anilines is 3. The van der Waals surface area contributed by atoms with Gasteiger partial charge >= 0.3 is 12.1 Å². The molecular weight excluding hydrogens is 598 g/mol. The zero-order valence-electron chi connectivity index (χ0n) is 24.1. The van der Waals surface area contributed by atoms with Gasteiger partial charge < -0.3 is 30.7 Å². The van der Waals surface area contributed by atoms with Gasteiger partial charge in [0.25, 0.3) is 5.91 Å². The molecule has 1 aromatic carbocycles. The third-order valence-electron chi connectivity index (χ3n) is 7.39. The molecule has 2 aliphatic heterocycles. The van der Waals surface area contributed by atoms with Gasteiger partial charge in [0.15, 0.2) is 0 Å². The first-order valence-electron chi connectivity index (χ1n) is 14.2. The van der Waals surface area contributed by atoms with E-state index in [9.17, 15) is 19.2 Å². The van der Waals surface area contributed by atoms with Crippen molar-refractivity contribution in [3.8, 4) is 11.6 Å². The zero-order chi connectivity index (χ0) is 31.5. The van der Waals surface area contributed by atoms with Crippen molar-refractivity contribution in [3.63, 3.8) is 0 Å². The number of piperidine rings is 1. The molecule has 3 aromatic heterocycles. The summed E-state index contributed by atoms with van der Waals surface area (Å²) in [6, 6.07) is 13.7. The van der Waals surface area contributed by atoms with E-state index in [1.165, 1.54) is 28.4 Å². The summed E-state index contributed by atoms with van der Waals surface area (Å²) in [7, 11) is 0. The molecule has 1 saturated heterocycles. The Balaban J connectivity index is 1.20. The van der Waals surface area contributed by atoms with Gasteiger partial charge in [0.1, 0.15) is 15.5 Å². The van der Waals surface area contributed by atoms with Crippen molar-refractivity contribution < 1.29 is 29.0 Å². The Morgan fingerprint density at radius 2 is 1.98 bits per heavy atom. The number of aromatic nitrogens is 2. The molecule has 5 heterocycles. The number of carbonyl (C=O) groups excluding carboxylic acids is 3. The van der Waals surface area contributed by atoms with Gasteiger partial charge in [0.2, 0.25) is 11.8 Å². The summed E-state index contributed by atoms with van der Waals surface area (Å²) in [5, 5.41) is 17.4. The predicted molar refractivity (Wildman–Crippen MR) is 169 cm³/mol. The third-order valence-corrected chi connectivity index (χ3v) is 8.49. The lowest BCUT2D eigenvalue weighted by molar-refractivity contribution is -0.127. The molecule has 4 N–H and O–H groups in total. The second-order valence-electron chi connectivity index (χ2n) is 10.4. The van der Waals surface area contributed by atoms with Crippen LogP contribution >= 0.6 is 11.3 Å². The van der Waals surface area contributed by atoms with E-state index in [-0.39, 0.29) is 24.4 Å². The summed E-state index contributed by atoms with van der Waals surface area (Å²) in [5.74, 6) is 0.411. The highest BCUT2D eigenvalue weighted by molar-refractivity contribution is 7.21. The van der Waals surface area contributed by atoms with E-state index in [2.05, 4.69) is 25.9 Å². The highest BCUT2D eigenvalue weighted by Gasteiger charge is 2.34. The van der Waals surface area contributed by atoms with Gasteiger partial charge in [-0.15, -0.1) is 11.3 Å². The molecule has 13 nitrogen and oxygen atoms in total. The Labute approximate surface area is 261 Å². The molecule has 6 rings (SSSR count). The number of pyridine rings is 2. The summed E-state index contributed by atoms with van der Waals surface area (Å²) in [6.45, 7) is 2.65. The topological polar surface area (TPSA) is 166 Å². The van der Waals surface area contributed by atoms with Crippen LogP contribution in [0, 0.1) is 6.92 Å². The van der Waals surface area contributed by atoms with Gasteiger partial charge in [-0.2, -0.15) is 0 Å². The van der Waals surface area contributed by atoms with Crippen LogP contribution in [-0.4, -0.2) is 69.6 Å². The second-order valence-corrected chi connectivity index (χ2v) is 11.4. The highest BCUT2D eigenvalue weighted by atomic mass is 32.1. The fourth-order valence-electron chi connectivity index (χ4n) is 5.37. The number of amides is 5. The number of likely N-dealkylation sites (tertiary alicyclic amines) is 1. The molecule has 1 fully saturated rings. The van der Waals surface area contributed by atoms with Gasteiger partial charge in [-0.25, -0.2) is 19.6 Å². The normalized spacial score (nSPS) is 16.0. The van der Waals surface area contributed by atoms with Crippen LogP contribution < -0.4 is 25.6 Å². The first-order valence-corrected chi connectivity index (χ1v) is 15.1. The molecule has 0 spiro atoms. The molecule has 2 aliphatic rings. The Morgan fingerprint density at radius 1 is 1.16 bits per heavy atom. The minimum Gasteiger partial charge on any atom is -0.465 e. The number of hydrogen-bond donors (Lipinski definition) is 4. The second kappa shape index (κ2) is 12.6. The number of aryl methyl sites for hydroxylation is 1. The molecule has 230 valence electrons. The largest absolute Gasteiger partial charge is 0.465 e. The molecule has 0 aliphatic carbocycles. The number of rotatable bonds is 8. The summed E-state index contributed by atoms with van der Waals surface area (Å²) < 4.78 is 5.85. The lowest BCUT2D eigenvalue weighted by Crippen LogP contribution is -2.49. The number of carbonyl (C=O) groups is 4. The van der Waals surface area contributed by atoms with Crippen molar-refractivity contribution in [3.05, 3.63) is 77.5 Å². The van der Waals surface area contributed by atoms with E-state index in [1.807, 2.05) is 30.3 Å². The average molecular weight is 628 g/mol. The van der Waals surface area contributed by atoms with Gasteiger partial charge in [-0.1, -0.05) is 24.3 Å². The van der Waals surface area contributed by atoms with E-state index in [0.29, 0.717) is 75.4 Å². The van der Waals surface area contributed by atoms with E-state index < -0.39 is 12.1 Å². The van der Waals surface area contributed by atoms with E-state index in [1.54, 1.807) is 36.2 Å². The Morgan fingerprint density at radius 3 is 2.76 bits per heavy atom. The van der Waals surface area contributed by atoms with Crippen LogP contribution in [0.5, 0.6) is 11.6 Å². The van der Waals surface area contributed by atoms with Crippen LogP contribution in [0.3, 0.4) is 0 Å². The standard InChI is InChI=1S/C31H29N7O6S/c1-18-21(11-12-23(34-18)44-20-8-3-2-4-9-20)38-22-13-15-32-29-25(22)26(36-30(38)41)27(45-29)28(40)35-19-7-6-16-37(17-19)24(39)10-5-14-33-31(42)43/h2-5,8-13,15,19,33H,6-7,14,16-17H2,1H3,(H,35,40)(H,36,41)(H,42,43)/b10-5+. The molecule has 0 bridgehead atoms. The highest BCUT2D eigenvalue weighted by Crippen LogP contribution is 2.46. The van der Waals surface area contributed by atoms with E-state index in [4.69, 9.17) is 9.84 Å². The molecule has 1 unspecified atom stereocenters. The van der Waals surface area contributed by atoms with Crippen LogP contribution in [0.2, 0.25) is 0 Å². The zero-order valence-corrected chi connectivity index (χ0v) is 25.0.